The monoisotopic (exact) mass is 251 g/mol. The zero-order chi connectivity index (χ0) is 14.1. The number of piperazine rings is 1. The predicted molar refractivity (Wildman–Crippen MR) is 67.4 cm³/mol. The first-order chi connectivity index (χ1) is 8.23. The molecule has 2 amide bonds. The molecule has 1 saturated heterocycles. The van der Waals surface area contributed by atoms with E-state index < -0.39 is 11.5 Å². The average molecular weight is 251 g/mol. The highest BCUT2D eigenvalue weighted by Gasteiger charge is 2.45. The third kappa shape index (κ3) is 2.33. The maximum atomic E-state index is 12.4. The molecule has 0 bridgehead atoms. The van der Waals surface area contributed by atoms with Gasteiger partial charge in [-0.3, -0.25) is 9.59 Å². The first-order valence-electron chi connectivity index (χ1n) is 6.20. The average Bonchev–Trinajstić information content (AvgIpc) is 2.26. The van der Waals surface area contributed by atoms with Crippen molar-refractivity contribution in [2.45, 2.75) is 33.2 Å². The molecule has 18 heavy (non-hydrogen) atoms. The first-order valence-corrected chi connectivity index (χ1v) is 6.20. The van der Waals surface area contributed by atoms with Crippen molar-refractivity contribution in [3.8, 4) is 6.07 Å². The molecule has 1 aliphatic heterocycles. The van der Waals surface area contributed by atoms with Crippen LogP contribution in [0.25, 0.3) is 0 Å². The normalized spacial score (nSPS) is 20.8. The Hall–Kier alpha value is -1.57. The molecule has 5 heteroatoms. The van der Waals surface area contributed by atoms with Crippen molar-refractivity contribution in [3.63, 3.8) is 0 Å². The summed E-state index contributed by atoms with van der Waals surface area (Å²) in [6.07, 6.45) is 0. The van der Waals surface area contributed by atoms with Gasteiger partial charge in [0.05, 0.1) is 6.07 Å². The molecule has 0 aromatic heterocycles. The summed E-state index contributed by atoms with van der Waals surface area (Å²) in [5.41, 5.74) is -0.867. The largest absolute Gasteiger partial charge is 0.342 e. The smallest absolute Gasteiger partial charge is 0.247 e. The van der Waals surface area contributed by atoms with Crippen LogP contribution in [0.4, 0.5) is 0 Å². The molecule has 0 aromatic rings. The van der Waals surface area contributed by atoms with Crippen LogP contribution >= 0.6 is 0 Å². The number of hydrogen-bond acceptors (Lipinski definition) is 3. The van der Waals surface area contributed by atoms with Crippen LogP contribution in [0.5, 0.6) is 0 Å². The van der Waals surface area contributed by atoms with Crippen LogP contribution in [-0.4, -0.2) is 47.3 Å². The van der Waals surface area contributed by atoms with Crippen LogP contribution in [0.2, 0.25) is 0 Å². The summed E-state index contributed by atoms with van der Waals surface area (Å²) >= 11 is 0. The molecule has 0 N–H and O–H groups in total. The first kappa shape index (κ1) is 14.5. The Labute approximate surface area is 108 Å². The van der Waals surface area contributed by atoms with Crippen LogP contribution in [0.3, 0.4) is 0 Å². The SMILES string of the molecule is CC(C)C(C#N)C(=O)N1CCN(C)C(=O)C1(C)C. The second kappa shape index (κ2) is 4.97. The maximum Gasteiger partial charge on any atom is 0.247 e. The van der Waals surface area contributed by atoms with Crippen molar-refractivity contribution in [2.24, 2.45) is 11.8 Å². The maximum absolute atomic E-state index is 12.4. The molecule has 1 unspecified atom stereocenters. The molecular weight excluding hydrogens is 230 g/mol. The van der Waals surface area contributed by atoms with Crippen molar-refractivity contribution >= 4 is 11.8 Å². The van der Waals surface area contributed by atoms with Gasteiger partial charge in [0.2, 0.25) is 11.8 Å². The minimum absolute atomic E-state index is 0.0481. The van der Waals surface area contributed by atoms with E-state index in [2.05, 4.69) is 0 Å². The second-order valence-corrected chi connectivity index (χ2v) is 5.63. The van der Waals surface area contributed by atoms with Gasteiger partial charge >= 0.3 is 0 Å². The molecule has 5 nitrogen and oxygen atoms in total. The van der Waals surface area contributed by atoms with E-state index in [0.717, 1.165) is 0 Å². The molecule has 1 heterocycles. The van der Waals surface area contributed by atoms with Gasteiger partial charge in [-0.05, 0) is 19.8 Å². The lowest BCUT2D eigenvalue weighted by atomic mass is 9.91. The van der Waals surface area contributed by atoms with Crippen LogP contribution in [-0.2, 0) is 9.59 Å². The van der Waals surface area contributed by atoms with Crippen LogP contribution in [0.1, 0.15) is 27.7 Å². The summed E-state index contributed by atoms with van der Waals surface area (Å²) in [5, 5.41) is 9.09. The second-order valence-electron chi connectivity index (χ2n) is 5.63. The van der Waals surface area contributed by atoms with Gasteiger partial charge in [0.1, 0.15) is 11.5 Å². The van der Waals surface area contributed by atoms with E-state index in [0.29, 0.717) is 13.1 Å². The third-order valence-corrected chi connectivity index (χ3v) is 3.54. The Morgan fingerprint density at radius 3 is 2.39 bits per heavy atom. The fourth-order valence-corrected chi connectivity index (χ4v) is 2.26. The van der Waals surface area contributed by atoms with Crippen LogP contribution in [0.15, 0.2) is 0 Å². The van der Waals surface area contributed by atoms with Gasteiger partial charge in [-0.25, -0.2) is 0 Å². The predicted octanol–water partition coefficient (Wildman–Crippen LogP) is 0.861. The van der Waals surface area contributed by atoms with Gasteiger partial charge < -0.3 is 9.80 Å². The van der Waals surface area contributed by atoms with E-state index in [1.54, 1.807) is 30.7 Å². The van der Waals surface area contributed by atoms with E-state index >= 15 is 0 Å². The Balaban J connectivity index is 3.00. The molecule has 0 saturated carbocycles. The van der Waals surface area contributed by atoms with E-state index in [1.807, 2.05) is 19.9 Å². The van der Waals surface area contributed by atoms with Gasteiger partial charge in [0, 0.05) is 20.1 Å². The summed E-state index contributed by atoms with van der Waals surface area (Å²) < 4.78 is 0. The fraction of sp³-hybridized carbons (Fsp3) is 0.769. The van der Waals surface area contributed by atoms with Gasteiger partial charge in [-0.15, -0.1) is 0 Å². The van der Waals surface area contributed by atoms with Crippen molar-refractivity contribution < 1.29 is 9.59 Å². The highest BCUT2D eigenvalue weighted by Crippen LogP contribution is 2.25. The molecule has 0 radical (unpaired) electrons. The van der Waals surface area contributed by atoms with E-state index in [1.165, 1.54) is 0 Å². The number of likely N-dealkylation sites (N-methyl/N-ethyl adjacent to an activating group) is 1. The number of amides is 2. The molecule has 0 aromatic carbocycles. The van der Waals surface area contributed by atoms with Gasteiger partial charge in [0.15, 0.2) is 0 Å². The molecule has 1 fully saturated rings. The zero-order valence-electron chi connectivity index (χ0n) is 11.7. The van der Waals surface area contributed by atoms with Crippen molar-refractivity contribution in [2.75, 3.05) is 20.1 Å². The van der Waals surface area contributed by atoms with E-state index in [9.17, 15) is 9.59 Å². The molecular formula is C13H21N3O2. The Kier molecular flexibility index (Phi) is 4.00. The van der Waals surface area contributed by atoms with Crippen molar-refractivity contribution in [1.29, 1.82) is 5.26 Å². The Morgan fingerprint density at radius 1 is 1.39 bits per heavy atom. The minimum Gasteiger partial charge on any atom is -0.342 e. The number of nitrogens with zero attached hydrogens (tertiary/aromatic N) is 3. The van der Waals surface area contributed by atoms with Crippen molar-refractivity contribution in [1.82, 2.24) is 9.80 Å². The number of carbonyl (C=O) groups excluding carboxylic acids is 2. The van der Waals surface area contributed by atoms with Crippen molar-refractivity contribution in [3.05, 3.63) is 0 Å². The van der Waals surface area contributed by atoms with Crippen LogP contribution in [0, 0.1) is 23.2 Å². The summed E-state index contributed by atoms with van der Waals surface area (Å²) in [6, 6.07) is 2.05. The van der Waals surface area contributed by atoms with Gasteiger partial charge in [-0.1, -0.05) is 13.8 Å². The number of rotatable bonds is 2. The highest BCUT2D eigenvalue weighted by molar-refractivity contribution is 5.93. The molecule has 100 valence electrons. The molecule has 1 atom stereocenters. The van der Waals surface area contributed by atoms with Crippen LogP contribution < -0.4 is 0 Å². The molecule has 1 rings (SSSR count). The number of carbonyl (C=O) groups is 2. The minimum atomic E-state index is -0.867. The topological polar surface area (TPSA) is 64.4 Å². The summed E-state index contributed by atoms with van der Waals surface area (Å²) in [4.78, 5) is 27.6. The summed E-state index contributed by atoms with van der Waals surface area (Å²) in [7, 11) is 1.73. The van der Waals surface area contributed by atoms with E-state index in [4.69, 9.17) is 5.26 Å². The lowest BCUT2D eigenvalue weighted by Crippen LogP contribution is -2.64. The lowest BCUT2D eigenvalue weighted by molar-refractivity contribution is -0.159. The Bertz CT molecular complexity index is 396. The van der Waals surface area contributed by atoms with Gasteiger partial charge in [0.25, 0.3) is 0 Å². The summed E-state index contributed by atoms with van der Waals surface area (Å²) in [6.45, 7) is 8.16. The fourth-order valence-electron chi connectivity index (χ4n) is 2.26. The summed E-state index contributed by atoms with van der Waals surface area (Å²) in [5.74, 6) is -1.05. The lowest BCUT2D eigenvalue weighted by Gasteiger charge is -2.45. The third-order valence-electron chi connectivity index (χ3n) is 3.54. The Morgan fingerprint density at radius 2 is 1.94 bits per heavy atom. The zero-order valence-corrected chi connectivity index (χ0v) is 11.7. The highest BCUT2D eigenvalue weighted by atomic mass is 16.2. The molecule has 0 aliphatic carbocycles. The number of nitriles is 1. The quantitative estimate of drug-likeness (QED) is 0.731. The number of hydrogen-bond donors (Lipinski definition) is 0. The van der Waals surface area contributed by atoms with E-state index in [-0.39, 0.29) is 17.7 Å². The molecule has 0 spiro atoms. The standard InChI is InChI=1S/C13H21N3O2/c1-9(2)10(8-14)11(17)16-7-6-15(5)12(18)13(16,3)4/h9-10H,6-7H2,1-5H3. The molecule has 1 aliphatic rings. The van der Waals surface area contributed by atoms with Gasteiger partial charge in [-0.2, -0.15) is 5.26 Å².